The van der Waals surface area contributed by atoms with Gasteiger partial charge in [-0.3, -0.25) is 9.59 Å². The lowest BCUT2D eigenvalue weighted by Gasteiger charge is -2.26. The molecule has 0 aliphatic carbocycles. The van der Waals surface area contributed by atoms with Crippen LogP contribution in [-0.4, -0.2) is 36.4 Å². The number of amides is 2. The van der Waals surface area contributed by atoms with E-state index in [1.165, 1.54) is 12.1 Å². The summed E-state index contributed by atoms with van der Waals surface area (Å²) in [5, 5.41) is 3.25. The van der Waals surface area contributed by atoms with Crippen molar-refractivity contribution in [3.8, 4) is 5.75 Å². The minimum Gasteiger partial charge on any atom is -0.484 e. The van der Waals surface area contributed by atoms with E-state index in [1.807, 2.05) is 0 Å². The van der Waals surface area contributed by atoms with Crippen LogP contribution in [0.1, 0.15) is 35.6 Å². The van der Waals surface area contributed by atoms with Crippen molar-refractivity contribution in [2.75, 3.05) is 19.7 Å². The number of hydrogen-bond acceptors (Lipinski definition) is 3. The van der Waals surface area contributed by atoms with Crippen LogP contribution in [0.2, 0.25) is 5.02 Å². The Hall–Kier alpha value is -2.74. The van der Waals surface area contributed by atoms with Crippen LogP contribution in [0.15, 0.2) is 42.5 Å². The highest BCUT2D eigenvalue weighted by atomic mass is 35.5. The molecule has 5 nitrogen and oxygen atoms in total. The number of likely N-dealkylation sites (tertiary alicyclic amines) is 1. The molecule has 2 amide bonds. The molecule has 1 aliphatic rings. The molecule has 1 fully saturated rings. The number of rotatable bonds is 7. The zero-order chi connectivity index (χ0) is 22.6. The van der Waals surface area contributed by atoms with Gasteiger partial charge in [0.15, 0.2) is 6.61 Å². The van der Waals surface area contributed by atoms with Crippen LogP contribution in [0.25, 0.3) is 0 Å². The minimum atomic E-state index is -4.51. The van der Waals surface area contributed by atoms with Crippen molar-refractivity contribution in [3.63, 3.8) is 0 Å². The third kappa shape index (κ3) is 6.13. The molecule has 1 atom stereocenters. The normalized spacial score (nSPS) is 15.1. The Bertz CT molecular complexity index is 965. The van der Waals surface area contributed by atoms with E-state index in [1.54, 1.807) is 30.0 Å². The largest absolute Gasteiger partial charge is 0.484 e. The number of halogens is 4. The molecule has 1 unspecified atom stereocenters. The summed E-state index contributed by atoms with van der Waals surface area (Å²) < 4.78 is 45.0. The van der Waals surface area contributed by atoms with Crippen molar-refractivity contribution in [1.29, 1.82) is 0 Å². The van der Waals surface area contributed by atoms with Gasteiger partial charge in [0.05, 0.1) is 11.6 Å². The lowest BCUT2D eigenvalue weighted by molar-refractivity contribution is -0.137. The van der Waals surface area contributed by atoms with Gasteiger partial charge in [-0.1, -0.05) is 23.7 Å². The maximum Gasteiger partial charge on any atom is 0.416 e. The summed E-state index contributed by atoms with van der Waals surface area (Å²) in [6.07, 6.45) is -3.44. The first-order valence-electron chi connectivity index (χ1n) is 9.77. The average molecular weight is 455 g/mol. The molecule has 1 N–H and O–H groups in total. The van der Waals surface area contributed by atoms with E-state index in [9.17, 15) is 22.8 Å². The number of nitrogens with zero attached hydrogens (tertiary/aromatic N) is 1. The molecule has 2 aromatic carbocycles. The molecule has 0 spiro atoms. The Labute approximate surface area is 183 Å². The van der Waals surface area contributed by atoms with Gasteiger partial charge in [-0.25, -0.2) is 0 Å². The van der Waals surface area contributed by atoms with Crippen LogP contribution in [0.4, 0.5) is 13.2 Å². The Balaban J connectivity index is 1.74. The van der Waals surface area contributed by atoms with Gasteiger partial charge < -0.3 is 15.0 Å². The number of carbonyl (C=O) groups excluding carboxylic acids is 2. The van der Waals surface area contributed by atoms with Crippen LogP contribution >= 0.6 is 11.6 Å². The van der Waals surface area contributed by atoms with Crippen LogP contribution in [0, 0.1) is 6.92 Å². The Morgan fingerprint density at radius 3 is 2.68 bits per heavy atom. The highest BCUT2D eigenvalue weighted by Gasteiger charge is 2.32. The summed E-state index contributed by atoms with van der Waals surface area (Å²) in [5.74, 6) is -0.118. The maximum atomic E-state index is 13.2. The first kappa shape index (κ1) is 22.9. The Kier molecular flexibility index (Phi) is 7.10. The van der Waals surface area contributed by atoms with E-state index in [0.29, 0.717) is 30.2 Å². The molecule has 0 bridgehead atoms. The van der Waals surface area contributed by atoms with Crippen LogP contribution < -0.4 is 10.1 Å². The second-order valence-corrected chi connectivity index (χ2v) is 7.82. The van der Waals surface area contributed by atoms with Crippen molar-refractivity contribution < 1.29 is 27.5 Å². The number of ether oxygens (including phenoxy) is 1. The smallest absolute Gasteiger partial charge is 0.416 e. The molecule has 1 saturated heterocycles. The quantitative estimate of drug-likeness (QED) is 0.669. The SMILES string of the molecule is Cc1cc(Cl)ccc1OCC(=O)NC(CN1CCCC1=O)c1cccc(C(F)(F)F)c1. The number of aryl methyl sites for hydroxylation is 1. The summed E-state index contributed by atoms with van der Waals surface area (Å²) >= 11 is 5.91. The lowest BCUT2D eigenvalue weighted by Crippen LogP contribution is -2.40. The van der Waals surface area contributed by atoms with Crippen molar-refractivity contribution in [2.45, 2.75) is 32.0 Å². The van der Waals surface area contributed by atoms with Gasteiger partial charge in [-0.15, -0.1) is 0 Å². The highest BCUT2D eigenvalue weighted by molar-refractivity contribution is 6.30. The number of benzene rings is 2. The van der Waals surface area contributed by atoms with Crippen molar-refractivity contribution in [3.05, 3.63) is 64.2 Å². The van der Waals surface area contributed by atoms with E-state index >= 15 is 0 Å². The van der Waals surface area contributed by atoms with E-state index in [-0.39, 0.29) is 24.6 Å². The van der Waals surface area contributed by atoms with Crippen molar-refractivity contribution in [1.82, 2.24) is 10.2 Å². The average Bonchev–Trinajstić information content (AvgIpc) is 3.11. The zero-order valence-corrected chi connectivity index (χ0v) is 17.6. The predicted molar refractivity (Wildman–Crippen MR) is 110 cm³/mol. The molecule has 9 heteroatoms. The molecule has 0 aromatic heterocycles. The minimum absolute atomic E-state index is 0.0840. The second-order valence-electron chi connectivity index (χ2n) is 7.39. The number of nitrogens with one attached hydrogen (secondary N) is 1. The fourth-order valence-electron chi connectivity index (χ4n) is 3.44. The number of carbonyl (C=O) groups is 2. The molecule has 1 heterocycles. The third-order valence-corrected chi connectivity index (χ3v) is 5.26. The van der Waals surface area contributed by atoms with Crippen molar-refractivity contribution in [2.24, 2.45) is 0 Å². The lowest BCUT2D eigenvalue weighted by atomic mass is 10.0. The second kappa shape index (κ2) is 9.60. The first-order chi connectivity index (χ1) is 14.6. The molecule has 2 aromatic rings. The highest BCUT2D eigenvalue weighted by Crippen LogP contribution is 2.31. The van der Waals surface area contributed by atoms with Gasteiger partial charge in [-0.2, -0.15) is 13.2 Å². The molecule has 0 radical (unpaired) electrons. The zero-order valence-electron chi connectivity index (χ0n) is 16.8. The predicted octanol–water partition coefficient (Wildman–Crippen LogP) is 4.53. The van der Waals surface area contributed by atoms with Crippen LogP contribution in [-0.2, 0) is 15.8 Å². The van der Waals surface area contributed by atoms with Gasteiger partial charge in [0, 0.05) is 24.5 Å². The molecule has 0 saturated carbocycles. The van der Waals surface area contributed by atoms with Crippen LogP contribution in [0.5, 0.6) is 5.75 Å². The van der Waals surface area contributed by atoms with E-state index in [2.05, 4.69) is 5.32 Å². The van der Waals surface area contributed by atoms with Gasteiger partial charge in [0.2, 0.25) is 5.91 Å². The van der Waals surface area contributed by atoms with Gasteiger partial charge in [0.1, 0.15) is 5.75 Å². The van der Waals surface area contributed by atoms with Gasteiger partial charge >= 0.3 is 6.18 Å². The van der Waals surface area contributed by atoms with Gasteiger partial charge in [0.25, 0.3) is 5.91 Å². The molecular formula is C22H22ClF3N2O3. The van der Waals surface area contributed by atoms with E-state index in [4.69, 9.17) is 16.3 Å². The Morgan fingerprint density at radius 2 is 2.03 bits per heavy atom. The van der Waals surface area contributed by atoms with Gasteiger partial charge in [-0.05, 0) is 54.8 Å². The number of hydrogen-bond donors (Lipinski definition) is 1. The monoisotopic (exact) mass is 454 g/mol. The molecule has 31 heavy (non-hydrogen) atoms. The molecule has 1 aliphatic heterocycles. The van der Waals surface area contributed by atoms with Crippen LogP contribution in [0.3, 0.4) is 0 Å². The molecule has 166 valence electrons. The third-order valence-electron chi connectivity index (χ3n) is 5.02. The number of alkyl halides is 3. The summed E-state index contributed by atoms with van der Waals surface area (Å²) in [6, 6.07) is 8.92. The first-order valence-corrected chi connectivity index (χ1v) is 10.1. The molecule has 3 rings (SSSR count). The maximum absolute atomic E-state index is 13.2. The molecular weight excluding hydrogens is 433 g/mol. The fraction of sp³-hybridized carbons (Fsp3) is 0.364. The van der Waals surface area contributed by atoms with E-state index in [0.717, 1.165) is 17.7 Å². The summed E-state index contributed by atoms with van der Waals surface area (Å²) in [4.78, 5) is 26.1. The van der Waals surface area contributed by atoms with E-state index < -0.39 is 23.7 Å². The Morgan fingerprint density at radius 1 is 1.26 bits per heavy atom. The summed E-state index contributed by atoms with van der Waals surface area (Å²) in [7, 11) is 0. The standard InChI is InChI=1S/C22H22ClF3N2O3/c1-14-10-17(23)7-8-19(14)31-13-20(29)27-18(12-28-9-3-6-21(28)30)15-4-2-5-16(11-15)22(24,25)26/h2,4-5,7-8,10-11,18H,3,6,9,12-13H2,1H3,(H,27,29). The topological polar surface area (TPSA) is 58.6 Å². The summed E-state index contributed by atoms with van der Waals surface area (Å²) in [6.45, 7) is 2.05. The van der Waals surface area contributed by atoms with Crippen molar-refractivity contribution >= 4 is 23.4 Å². The fourth-order valence-corrected chi connectivity index (χ4v) is 3.66. The summed E-state index contributed by atoms with van der Waals surface area (Å²) in [5.41, 5.74) is 0.202.